The van der Waals surface area contributed by atoms with Gasteiger partial charge in [0, 0.05) is 6.61 Å². The number of hydrogen-bond acceptors (Lipinski definition) is 6. The van der Waals surface area contributed by atoms with Crippen LogP contribution in [-0.4, -0.2) is 70.2 Å². The van der Waals surface area contributed by atoms with Crippen LogP contribution in [0.1, 0.15) is 33.1 Å². The normalized spacial score (nSPS) is 12.3. The number of unbranched alkanes of at least 4 members (excludes halogenated alkanes) is 1. The summed E-state index contributed by atoms with van der Waals surface area (Å²) in [7, 11) is 0. The molecule has 132 valence electrons. The van der Waals surface area contributed by atoms with E-state index in [1.54, 1.807) is 0 Å². The number of hydrogen-bond donors (Lipinski definition) is 1. The first kappa shape index (κ1) is 21.1. The molecule has 0 spiro atoms. The van der Waals surface area contributed by atoms with E-state index < -0.39 is 6.16 Å². The lowest BCUT2D eigenvalue weighted by atomic mass is 10.2. The summed E-state index contributed by atoms with van der Waals surface area (Å²) < 4.78 is 26.0. The molecule has 7 nitrogen and oxygen atoms in total. The first-order chi connectivity index (χ1) is 10.7. The topological polar surface area (TPSA) is 83.5 Å². The van der Waals surface area contributed by atoms with Gasteiger partial charge in [-0.05, 0) is 13.3 Å². The number of carbonyl (C=O) groups is 1. The van der Waals surface area contributed by atoms with Gasteiger partial charge in [-0.1, -0.05) is 19.8 Å². The average Bonchev–Trinajstić information content (AvgIpc) is 2.50. The molecule has 0 amide bonds. The maximum Gasteiger partial charge on any atom is 0.505 e. The molecule has 0 aliphatic carbocycles. The van der Waals surface area contributed by atoms with E-state index in [2.05, 4.69) is 11.7 Å². The zero-order valence-corrected chi connectivity index (χ0v) is 13.8. The second kappa shape index (κ2) is 16.5. The number of ether oxygens (including phenoxy) is 5. The van der Waals surface area contributed by atoms with E-state index in [1.165, 1.54) is 0 Å². The highest BCUT2D eigenvalue weighted by atomic mass is 16.7. The van der Waals surface area contributed by atoms with Crippen LogP contribution in [0.2, 0.25) is 0 Å². The third-order valence-electron chi connectivity index (χ3n) is 2.80. The maximum atomic E-state index is 10.4. The van der Waals surface area contributed by atoms with Crippen molar-refractivity contribution in [2.45, 2.75) is 39.2 Å². The van der Waals surface area contributed by atoms with Crippen molar-refractivity contribution in [2.24, 2.45) is 0 Å². The van der Waals surface area contributed by atoms with Gasteiger partial charge in [0.25, 0.3) is 0 Å². The Balaban J connectivity index is 3.47. The van der Waals surface area contributed by atoms with Crippen molar-refractivity contribution in [1.82, 2.24) is 0 Å². The molecule has 0 aromatic heterocycles. The molecule has 0 rings (SSSR count). The van der Waals surface area contributed by atoms with Gasteiger partial charge in [0.15, 0.2) is 0 Å². The van der Waals surface area contributed by atoms with E-state index in [0.29, 0.717) is 46.2 Å². The van der Waals surface area contributed by atoms with Crippen LogP contribution in [0, 0.1) is 0 Å². The van der Waals surface area contributed by atoms with Gasteiger partial charge in [-0.3, -0.25) is 0 Å². The Morgan fingerprint density at radius 2 is 1.55 bits per heavy atom. The van der Waals surface area contributed by atoms with Crippen LogP contribution < -0.4 is 0 Å². The molecule has 0 radical (unpaired) electrons. The van der Waals surface area contributed by atoms with Crippen LogP contribution >= 0.6 is 0 Å². The molecule has 0 aliphatic rings. The molecule has 1 atom stereocenters. The van der Waals surface area contributed by atoms with Crippen LogP contribution in [0.15, 0.2) is 0 Å². The lowest BCUT2D eigenvalue weighted by Gasteiger charge is -2.16. The Hall–Kier alpha value is -0.890. The molecule has 0 saturated carbocycles. The summed E-state index contributed by atoms with van der Waals surface area (Å²) in [6.07, 6.45) is 1.31. The Labute approximate surface area is 132 Å². The molecule has 0 fully saturated rings. The molecule has 0 aliphatic heterocycles. The first-order valence-corrected chi connectivity index (χ1v) is 7.91. The monoisotopic (exact) mass is 322 g/mol. The lowest BCUT2D eigenvalue weighted by Crippen LogP contribution is -2.24. The maximum absolute atomic E-state index is 10.4. The molecule has 0 bridgehead atoms. The first-order valence-electron chi connectivity index (χ1n) is 7.91. The highest BCUT2D eigenvalue weighted by Crippen LogP contribution is 2.06. The van der Waals surface area contributed by atoms with Gasteiger partial charge in [-0.15, -0.1) is 0 Å². The van der Waals surface area contributed by atoms with E-state index in [-0.39, 0.29) is 12.7 Å². The molecular formula is C15H30O7. The van der Waals surface area contributed by atoms with Crippen LogP contribution in [0.4, 0.5) is 4.79 Å². The molecule has 7 heteroatoms. The molecule has 0 aromatic carbocycles. The zero-order chi connectivity index (χ0) is 16.5. The van der Waals surface area contributed by atoms with Crippen LogP contribution in [0.5, 0.6) is 0 Å². The van der Waals surface area contributed by atoms with Crippen LogP contribution in [0.25, 0.3) is 0 Å². The minimum absolute atomic E-state index is 0.0654. The summed E-state index contributed by atoms with van der Waals surface area (Å²) in [4.78, 5) is 10.4. The molecule has 0 aromatic rings. The van der Waals surface area contributed by atoms with E-state index in [1.807, 2.05) is 6.92 Å². The van der Waals surface area contributed by atoms with E-state index in [4.69, 9.17) is 24.1 Å². The Kier molecular flexibility index (Phi) is 15.8. The van der Waals surface area contributed by atoms with Gasteiger partial charge in [0.1, 0.15) is 6.61 Å². The summed E-state index contributed by atoms with van der Waals surface area (Å²) in [5, 5.41) is 8.51. The van der Waals surface area contributed by atoms with E-state index in [0.717, 1.165) is 19.3 Å². The number of carboxylic acid groups (broad SMARTS) is 1. The smallest absolute Gasteiger partial charge is 0.450 e. The standard InChI is InChI=1S/C15H30O7/c1-3-5-6-14(13-22-15(16)17)21-12-11-20-10-9-19-8-7-18-4-2/h14H,3-13H2,1-2H3,(H,16,17). The van der Waals surface area contributed by atoms with Crippen molar-refractivity contribution in [2.75, 3.05) is 52.9 Å². The minimum atomic E-state index is -1.27. The Bertz CT molecular complexity index is 248. The van der Waals surface area contributed by atoms with Crippen molar-refractivity contribution >= 4 is 6.16 Å². The summed E-state index contributed by atoms with van der Waals surface area (Å²) in [5.74, 6) is 0. The third-order valence-corrected chi connectivity index (χ3v) is 2.80. The summed E-state index contributed by atoms with van der Waals surface area (Å²) in [5.41, 5.74) is 0. The Morgan fingerprint density at radius 3 is 2.09 bits per heavy atom. The third kappa shape index (κ3) is 15.5. The van der Waals surface area contributed by atoms with Gasteiger partial charge < -0.3 is 28.8 Å². The molecule has 22 heavy (non-hydrogen) atoms. The second-order valence-corrected chi connectivity index (χ2v) is 4.63. The largest absolute Gasteiger partial charge is 0.505 e. The zero-order valence-electron chi connectivity index (χ0n) is 13.8. The van der Waals surface area contributed by atoms with Gasteiger partial charge in [-0.25, -0.2) is 4.79 Å². The van der Waals surface area contributed by atoms with Crippen LogP contribution in [0.3, 0.4) is 0 Å². The van der Waals surface area contributed by atoms with Gasteiger partial charge in [0.05, 0.1) is 45.7 Å². The molecular weight excluding hydrogens is 292 g/mol. The fourth-order valence-electron chi connectivity index (χ4n) is 1.67. The predicted molar refractivity (Wildman–Crippen MR) is 81.4 cm³/mol. The molecule has 0 saturated heterocycles. The van der Waals surface area contributed by atoms with Gasteiger partial charge in [0.2, 0.25) is 0 Å². The highest BCUT2D eigenvalue weighted by Gasteiger charge is 2.11. The SMILES string of the molecule is CCCCC(COC(=O)O)OCCOCCOCCOCC. The average molecular weight is 322 g/mol. The quantitative estimate of drug-likeness (QED) is 0.345. The number of rotatable bonds is 16. The molecule has 1 unspecified atom stereocenters. The van der Waals surface area contributed by atoms with Crippen LogP contribution in [-0.2, 0) is 23.7 Å². The summed E-state index contributed by atoms with van der Waals surface area (Å²) >= 11 is 0. The fraction of sp³-hybridized carbons (Fsp3) is 0.933. The minimum Gasteiger partial charge on any atom is -0.450 e. The molecule has 1 N–H and O–H groups in total. The van der Waals surface area contributed by atoms with Crippen molar-refractivity contribution in [3.8, 4) is 0 Å². The van der Waals surface area contributed by atoms with Crippen molar-refractivity contribution in [3.05, 3.63) is 0 Å². The Morgan fingerprint density at radius 1 is 0.955 bits per heavy atom. The molecule has 0 heterocycles. The van der Waals surface area contributed by atoms with E-state index in [9.17, 15) is 4.79 Å². The van der Waals surface area contributed by atoms with Gasteiger partial charge >= 0.3 is 6.16 Å². The van der Waals surface area contributed by atoms with Crippen molar-refractivity contribution in [3.63, 3.8) is 0 Å². The second-order valence-electron chi connectivity index (χ2n) is 4.63. The highest BCUT2D eigenvalue weighted by molar-refractivity contribution is 5.56. The fourth-order valence-corrected chi connectivity index (χ4v) is 1.67. The van der Waals surface area contributed by atoms with Crippen molar-refractivity contribution < 1.29 is 33.6 Å². The lowest BCUT2D eigenvalue weighted by molar-refractivity contribution is -0.0422. The van der Waals surface area contributed by atoms with Crippen molar-refractivity contribution in [1.29, 1.82) is 0 Å². The summed E-state index contributed by atoms with van der Waals surface area (Å²) in [6, 6.07) is 0. The summed E-state index contributed by atoms with van der Waals surface area (Å²) in [6.45, 7) is 7.83. The predicted octanol–water partition coefficient (Wildman–Crippen LogP) is 2.33. The van der Waals surface area contributed by atoms with E-state index >= 15 is 0 Å². The van der Waals surface area contributed by atoms with Gasteiger partial charge in [-0.2, -0.15) is 0 Å².